The maximum Gasteiger partial charge on any atom is 0.271 e. The van der Waals surface area contributed by atoms with E-state index in [1.54, 1.807) is 24.3 Å². The van der Waals surface area contributed by atoms with Crippen molar-refractivity contribution in [3.8, 4) is 0 Å². The summed E-state index contributed by atoms with van der Waals surface area (Å²) in [5.41, 5.74) is 0.485. The van der Waals surface area contributed by atoms with Crippen LogP contribution in [0.25, 0.3) is 0 Å². The van der Waals surface area contributed by atoms with Crippen LogP contribution in [0.5, 0.6) is 0 Å². The minimum absolute atomic E-state index is 0.0166. The molecule has 2 heterocycles. The summed E-state index contributed by atoms with van der Waals surface area (Å²) in [5.74, 6) is -1.56. The molecule has 1 atom stereocenters. The van der Waals surface area contributed by atoms with Gasteiger partial charge in [-0.15, -0.1) is 0 Å². The fraction of sp³-hybridized carbons (Fsp3) is 0.286. The summed E-state index contributed by atoms with van der Waals surface area (Å²) >= 11 is 12.2. The largest absolute Gasteiger partial charge is 0.347 e. The number of carbonyl (C=O) groups is 3. The van der Waals surface area contributed by atoms with Crippen LogP contribution in [0, 0.1) is 0 Å². The number of hydrogen-bond acceptors (Lipinski definition) is 7. The summed E-state index contributed by atoms with van der Waals surface area (Å²) in [7, 11) is -0.0302. The molecular formula is C28H31Cl2N7O5S. The number of nitrogens with zero attached hydrogens (tertiary/aromatic N) is 3. The zero-order chi connectivity index (χ0) is 31.1. The zero-order valence-corrected chi connectivity index (χ0v) is 25.8. The molecule has 1 aliphatic heterocycles. The molecule has 12 nitrogen and oxygen atoms in total. The van der Waals surface area contributed by atoms with Gasteiger partial charge in [-0.25, -0.2) is 8.42 Å². The number of carbonyl (C=O) groups excluding carboxylic acids is 3. The van der Waals surface area contributed by atoms with Gasteiger partial charge >= 0.3 is 0 Å². The third-order valence-corrected chi connectivity index (χ3v) is 9.03. The quantitative estimate of drug-likeness (QED) is 0.232. The number of amides is 3. The number of H-pyrrole nitrogens is 1. The Labute approximate surface area is 259 Å². The number of halogens is 2. The van der Waals surface area contributed by atoms with Crippen LogP contribution >= 0.6 is 23.2 Å². The van der Waals surface area contributed by atoms with Crippen LogP contribution in [0.1, 0.15) is 33.7 Å². The molecule has 0 aliphatic carbocycles. The van der Waals surface area contributed by atoms with Crippen LogP contribution in [0.3, 0.4) is 0 Å². The Kier molecular flexibility index (Phi) is 10.6. The first-order chi connectivity index (χ1) is 20.5. The lowest BCUT2D eigenvalue weighted by Crippen LogP contribution is -2.39. The SMILES string of the molecule is CN(C)CCC=CC(=O)Nc1cccc(S(=O)(=O)N2CC[C@H](NC(=O)c3[nH]ncc3NC(=O)c3c(Cl)cccc3Cl)C2)c1. The van der Waals surface area contributed by atoms with Crippen LogP contribution in [0.2, 0.25) is 10.0 Å². The number of aromatic nitrogens is 2. The second-order valence-corrected chi connectivity index (χ2v) is 12.8. The van der Waals surface area contributed by atoms with Crippen molar-refractivity contribution in [2.75, 3.05) is 44.4 Å². The molecule has 0 unspecified atom stereocenters. The Balaban J connectivity index is 1.36. The number of rotatable bonds is 11. The van der Waals surface area contributed by atoms with Crippen LogP contribution in [0.4, 0.5) is 11.4 Å². The van der Waals surface area contributed by atoms with Gasteiger partial charge in [0.15, 0.2) is 0 Å². The van der Waals surface area contributed by atoms with Crippen molar-refractivity contribution in [1.82, 2.24) is 24.7 Å². The molecule has 1 saturated heterocycles. The Bertz CT molecular complexity index is 1620. The Morgan fingerprint density at radius 2 is 1.81 bits per heavy atom. The molecular weight excluding hydrogens is 617 g/mol. The molecule has 2 aromatic carbocycles. The molecule has 0 radical (unpaired) electrons. The molecule has 4 rings (SSSR count). The van der Waals surface area contributed by atoms with Gasteiger partial charge in [0.2, 0.25) is 15.9 Å². The van der Waals surface area contributed by atoms with E-state index < -0.39 is 27.9 Å². The summed E-state index contributed by atoms with van der Waals surface area (Å²) in [5, 5.41) is 14.8. The molecule has 15 heteroatoms. The Morgan fingerprint density at radius 1 is 1.09 bits per heavy atom. The first kappa shape index (κ1) is 32.2. The molecule has 4 N–H and O–H groups in total. The first-order valence-corrected chi connectivity index (χ1v) is 15.5. The highest BCUT2D eigenvalue weighted by atomic mass is 35.5. The molecule has 0 spiro atoms. The van der Waals surface area contributed by atoms with E-state index in [0.29, 0.717) is 18.5 Å². The van der Waals surface area contributed by atoms with Crippen LogP contribution < -0.4 is 16.0 Å². The summed E-state index contributed by atoms with van der Waals surface area (Å²) in [6, 6.07) is 10.2. The van der Waals surface area contributed by atoms with E-state index in [1.807, 2.05) is 19.0 Å². The second kappa shape index (κ2) is 14.1. The van der Waals surface area contributed by atoms with E-state index in [-0.39, 0.29) is 50.9 Å². The Hall–Kier alpha value is -3.75. The van der Waals surface area contributed by atoms with Gasteiger partial charge in [-0.3, -0.25) is 19.5 Å². The fourth-order valence-electron chi connectivity index (χ4n) is 4.37. The van der Waals surface area contributed by atoms with E-state index in [2.05, 4.69) is 26.1 Å². The molecule has 3 amide bonds. The minimum Gasteiger partial charge on any atom is -0.347 e. The lowest BCUT2D eigenvalue weighted by molar-refractivity contribution is -0.111. The van der Waals surface area contributed by atoms with Gasteiger partial charge in [0.1, 0.15) is 5.69 Å². The van der Waals surface area contributed by atoms with Gasteiger partial charge < -0.3 is 20.9 Å². The number of aromatic amines is 1. The highest BCUT2D eigenvalue weighted by molar-refractivity contribution is 7.89. The third-order valence-electron chi connectivity index (χ3n) is 6.54. The van der Waals surface area contributed by atoms with Gasteiger partial charge in [0, 0.05) is 31.4 Å². The fourth-order valence-corrected chi connectivity index (χ4v) is 6.48. The van der Waals surface area contributed by atoms with E-state index in [9.17, 15) is 22.8 Å². The standard InChI is InChI=1S/C28H31Cl2N7O5S/c1-36(2)13-4-3-11-24(38)32-18-7-5-8-20(15-18)43(41,42)37-14-12-19(17-37)33-28(40)26-23(16-31-35-26)34-27(39)25-21(29)9-6-10-22(25)30/h3,5-11,15-16,19H,4,12-14,17H2,1-2H3,(H,31,35)(H,32,38)(H,33,40)(H,34,39)/t19-/m0/s1. The van der Waals surface area contributed by atoms with Crippen molar-refractivity contribution in [3.05, 3.63) is 82.1 Å². The molecule has 43 heavy (non-hydrogen) atoms. The molecule has 0 bridgehead atoms. The predicted molar refractivity (Wildman–Crippen MR) is 165 cm³/mol. The number of nitrogens with one attached hydrogen (secondary N) is 4. The Morgan fingerprint density at radius 3 is 2.53 bits per heavy atom. The van der Waals surface area contributed by atoms with Gasteiger partial charge in [-0.1, -0.05) is 41.4 Å². The van der Waals surface area contributed by atoms with Crippen LogP contribution in [0.15, 0.2) is 65.7 Å². The highest BCUT2D eigenvalue weighted by Gasteiger charge is 2.34. The minimum atomic E-state index is -3.91. The number of anilines is 2. The average Bonchev–Trinajstić information content (AvgIpc) is 3.61. The van der Waals surface area contributed by atoms with Gasteiger partial charge in [0.25, 0.3) is 11.8 Å². The molecule has 0 saturated carbocycles. The predicted octanol–water partition coefficient (Wildman–Crippen LogP) is 3.61. The average molecular weight is 649 g/mol. The van der Waals surface area contributed by atoms with Gasteiger partial charge in [-0.2, -0.15) is 9.40 Å². The lowest BCUT2D eigenvalue weighted by atomic mass is 10.2. The van der Waals surface area contributed by atoms with Gasteiger partial charge in [-0.05, 0) is 63.3 Å². The third kappa shape index (κ3) is 8.21. The highest BCUT2D eigenvalue weighted by Crippen LogP contribution is 2.27. The molecule has 228 valence electrons. The van der Waals surface area contributed by atoms with Crippen molar-refractivity contribution >= 4 is 62.3 Å². The number of hydrogen-bond donors (Lipinski definition) is 4. The normalized spacial score (nSPS) is 15.6. The molecule has 1 fully saturated rings. The second-order valence-electron chi connectivity index (χ2n) is 10.0. The number of benzene rings is 2. The van der Waals surface area contributed by atoms with E-state index >= 15 is 0 Å². The van der Waals surface area contributed by atoms with Gasteiger partial charge in [0.05, 0.1) is 32.4 Å². The maximum absolute atomic E-state index is 13.4. The number of sulfonamides is 1. The maximum atomic E-state index is 13.4. The molecule has 3 aromatic rings. The van der Waals surface area contributed by atoms with Crippen molar-refractivity contribution in [2.24, 2.45) is 0 Å². The van der Waals surface area contributed by atoms with Crippen molar-refractivity contribution in [1.29, 1.82) is 0 Å². The summed E-state index contributed by atoms with van der Waals surface area (Å²) < 4.78 is 28.0. The van der Waals surface area contributed by atoms with E-state index in [0.717, 1.165) is 6.54 Å². The lowest BCUT2D eigenvalue weighted by Gasteiger charge is -2.18. The molecule has 1 aliphatic rings. The van der Waals surface area contributed by atoms with Crippen LogP contribution in [-0.4, -0.2) is 85.3 Å². The monoisotopic (exact) mass is 647 g/mol. The zero-order valence-electron chi connectivity index (χ0n) is 23.4. The van der Waals surface area contributed by atoms with Crippen LogP contribution in [-0.2, 0) is 14.8 Å². The van der Waals surface area contributed by atoms with Crippen molar-refractivity contribution in [3.63, 3.8) is 0 Å². The van der Waals surface area contributed by atoms with E-state index in [4.69, 9.17) is 23.2 Å². The first-order valence-electron chi connectivity index (χ1n) is 13.3. The summed E-state index contributed by atoms with van der Waals surface area (Å²) in [6.45, 7) is 1.01. The summed E-state index contributed by atoms with van der Waals surface area (Å²) in [6.07, 6.45) is 5.51. The van der Waals surface area contributed by atoms with Crippen molar-refractivity contribution < 1.29 is 22.8 Å². The smallest absolute Gasteiger partial charge is 0.271 e. The molecule has 1 aromatic heterocycles. The topological polar surface area (TPSA) is 157 Å². The summed E-state index contributed by atoms with van der Waals surface area (Å²) in [4.78, 5) is 40.1. The van der Waals surface area contributed by atoms with Crippen molar-refractivity contribution in [2.45, 2.75) is 23.8 Å². The van der Waals surface area contributed by atoms with E-state index in [1.165, 1.54) is 40.8 Å².